The van der Waals surface area contributed by atoms with Crippen molar-refractivity contribution >= 4 is 5.97 Å². The minimum atomic E-state index is -0.671. The highest BCUT2D eigenvalue weighted by Gasteiger charge is 2.40. The summed E-state index contributed by atoms with van der Waals surface area (Å²) in [5.74, 6) is -0.316. The second-order valence-electron chi connectivity index (χ2n) is 4.97. The average Bonchev–Trinajstić information content (AvgIpc) is 2.46. The zero-order valence-corrected chi connectivity index (χ0v) is 9.43. The summed E-state index contributed by atoms with van der Waals surface area (Å²) in [6.07, 6.45) is 5.30. The first-order valence-corrected chi connectivity index (χ1v) is 6.05. The molecule has 88 valence electrons. The lowest BCUT2D eigenvalue weighted by molar-refractivity contribution is -0.138. The Bertz CT molecular complexity index is 297. The molecule has 16 heavy (non-hydrogen) atoms. The number of carboxylic acid groups (broad SMARTS) is 1. The van der Waals surface area contributed by atoms with E-state index in [0.29, 0.717) is 30.8 Å². The second kappa shape index (κ2) is 4.84. The van der Waals surface area contributed by atoms with Crippen LogP contribution in [0.4, 0.5) is 0 Å². The van der Waals surface area contributed by atoms with E-state index in [1.54, 1.807) is 0 Å². The quantitative estimate of drug-likeness (QED) is 0.785. The molecule has 0 radical (unpaired) electrons. The van der Waals surface area contributed by atoms with Crippen LogP contribution in [0, 0.1) is 17.2 Å². The van der Waals surface area contributed by atoms with Crippen molar-refractivity contribution < 1.29 is 9.90 Å². The fourth-order valence-electron chi connectivity index (χ4n) is 3.34. The lowest BCUT2D eigenvalue weighted by Crippen LogP contribution is -2.43. The fourth-order valence-corrected chi connectivity index (χ4v) is 3.34. The van der Waals surface area contributed by atoms with Gasteiger partial charge in [-0.2, -0.15) is 5.26 Å². The Morgan fingerprint density at radius 2 is 2.00 bits per heavy atom. The molecule has 4 nitrogen and oxygen atoms in total. The van der Waals surface area contributed by atoms with Crippen LogP contribution in [0.1, 0.15) is 38.5 Å². The molecule has 0 aromatic heterocycles. The van der Waals surface area contributed by atoms with Crippen molar-refractivity contribution in [3.8, 4) is 6.07 Å². The number of carboxylic acids is 1. The van der Waals surface area contributed by atoms with Crippen LogP contribution in [0.15, 0.2) is 0 Å². The molecule has 2 unspecified atom stereocenters. The molecule has 1 N–H and O–H groups in total. The standard InChI is InChI=1S/C12H18N2O2/c13-4-1-5-14-10-2-3-11(14)7-9(6-10)8-12(15)16/h9-11H,1-3,5-8H2,(H,15,16). The minimum Gasteiger partial charge on any atom is -0.481 e. The van der Waals surface area contributed by atoms with Crippen LogP contribution in [0.5, 0.6) is 0 Å². The van der Waals surface area contributed by atoms with Gasteiger partial charge < -0.3 is 5.11 Å². The lowest BCUT2D eigenvalue weighted by Gasteiger charge is -2.38. The molecule has 2 fully saturated rings. The van der Waals surface area contributed by atoms with Gasteiger partial charge in [-0.3, -0.25) is 9.69 Å². The van der Waals surface area contributed by atoms with Gasteiger partial charge in [0.15, 0.2) is 0 Å². The predicted octanol–water partition coefficient (Wildman–Crippen LogP) is 1.62. The van der Waals surface area contributed by atoms with Gasteiger partial charge >= 0.3 is 5.97 Å². The number of piperidine rings is 1. The van der Waals surface area contributed by atoms with Crippen molar-refractivity contribution in [2.45, 2.75) is 50.6 Å². The third kappa shape index (κ3) is 2.35. The summed E-state index contributed by atoms with van der Waals surface area (Å²) in [4.78, 5) is 13.1. The van der Waals surface area contributed by atoms with E-state index in [2.05, 4.69) is 11.0 Å². The van der Waals surface area contributed by atoms with Gasteiger partial charge in [0.2, 0.25) is 0 Å². The summed E-state index contributed by atoms with van der Waals surface area (Å²) in [5.41, 5.74) is 0. The van der Waals surface area contributed by atoms with Crippen LogP contribution < -0.4 is 0 Å². The highest BCUT2D eigenvalue weighted by atomic mass is 16.4. The highest BCUT2D eigenvalue weighted by Crippen LogP contribution is 2.39. The molecule has 2 bridgehead atoms. The Hall–Kier alpha value is -1.08. The van der Waals surface area contributed by atoms with Crippen LogP contribution in [0.3, 0.4) is 0 Å². The Balaban J connectivity index is 1.91. The maximum atomic E-state index is 10.7. The van der Waals surface area contributed by atoms with E-state index in [0.717, 1.165) is 19.4 Å². The van der Waals surface area contributed by atoms with Crippen LogP contribution >= 0.6 is 0 Å². The lowest BCUT2D eigenvalue weighted by atomic mass is 9.88. The molecule has 2 saturated heterocycles. The van der Waals surface area contributed by atoms with Gasteiger partial charge in [0.25, 0.3) is 0 Å². The molecule has 2 atom stereocenters. The molecule has 0 aromatic carbocycles. The van der Waals surface area contributed by atoms with Gasteiger partial charge in [0.1, 0.15) is 0 Å². The first-order chi connectivity index (χ1) is 7.70. The number of hydrogen-bond donors (Lipinski definition) is 1. The van der Waals surface area contributed by atoms with E-state index in [4.69, 9.17) is 10.4 Å². The number of nitriles is 1. The van der Waals surface area contributed by atoms with Gasteiger partial charge in [-0.1, -0.05) is 0 Å². The van der Waals surface area contributed by atoms with Crippen LogP contribution in [0.2, 0.25) is 0 Å². The molecular formula is C12H18N2O2. The number of rotatable bonds is 4. The Kier molecular flexibility index (Phi) is 3.45. The van der Waals surface area contributed by atoms with Gasteiger partial charge in [0.05, 0.1) is 6.07 Å². The molecule has 2 aliphatic rings. The van der Waals surface area contributed by atoms with E-state index in [-0.39, 0.29) is 0 Å². The SMILES string of the molecule is N#CCCN1C2CCC1CC(CC(=O)O)C2. The number of aliphatic carboxylic acids is 1. The molecule has 0 saturated carbocycles. The third-order valence-electron chi connectivity index (χ3n) is 3.93. The fraction of sp³-hybridized carbons (Fsp3) is 0.833. The maximum Gasteiger partial charge on any atom is 0.303 e. The van der Waals surface area contributed by atoms with Crippen LogP contribution in [-0.4, -0.2) is 34.6 Å². The summed E-state index contributed by atoms with van der Waals surface area (Å²) in [5, 5.41) is 17.4. The largest absolute Gasteiger partial charge is 0.481 e. The van der Waals surface area contributed by atoms with Crippen LogP contribution in [0.25, 0.3) is 0 Å². The summed E-state index contributed by atoms with van der Waals surface area (Å²) < 4.78 is 0. The summed E-state index contributed by atoms with van der Waals surface area (Å²) in [6.45, 7) is 0.867. The van der Waals surface area contributed by atoms with Gasteiger partial charge in [-0.15, -0.1) is 0 Å². The van der Waals surface area contributed by atoms with E-state index in [1.807, 2.05) is 0 Å². The topological polar surface area (TPSA) is 64.3 Å². The van der Waals surface area contributed by atoms with Crippen molar-refractivity contribution in [2.75, 3.05) is 6.54 Å². The number of carbonyl (C=O) groups is 1. The number of hydrogen-bond acceptors (Lipinski definition) is 3. The first-order valence-electron chi connectivity index (χ1n) is 6.05. The molecule has 2 rings (SSSR count). The zero-order chi connectivity index (χ0) is 11.5. The van der Waals surface area contributed by atoms with Crippen molar-refractivity contribution in [3.05, 3.63) is 0 Å². The zero-order valence-electron chi connectivity index (χ0n) is 9.43. The third-order valence-corrected chi connectivity index (χ3v) is 3.93. The van der Waals surface area contributed by atoms with E-state index in [9.17, 15) is 4.79 Å². The number of fused-ring (bicyclic) bond motifs is 2. The van der Waals surface area contributed by atoms with Crippen molar-refractivity contribution in [1.82, 2.24) is 4.90 Å². The summed E-state index contributed by atoms with van der Waals surface area (Å²) in [6, 6.07) is 3.27. The Morgan fingerprint density at radius 1 is 1.38 bits per heavy atom. The van der Waals surface area contributed by atoms with Crippen molar-refractivity contribution in [3.63, 3.8) is 0 Å². The molecule has 0 spiro atoms. The van der Waals surface area contributed by atoms with E-state index >= 15 is 0 Å². The highest BCUT2D eigenvalue weighted by molar-refractivity contribution is 5.67. The Labute approximate surface area is 95.9 Å². The van der Waals surface area contributed by atoms with Gasteiger partial charge in [-0.05, 0) is 31.6 Å². The molecular weight excluding hydrogens is 204 g/mol. The Morgan fingerprint density at radius 3 is 2.50 bits per heavy atom. The van der Waals surface area contributed by atoms with Crippen LogP contribution in [-0.2, 0) is 4.79 Å². The predicted molar refractivity (Wildman–Crippen MR) is 58.7 cm³/mol. The van der Waals surface area contributed by atoms with Crippen molar-refractivity contribution in [1.29, 1.82) is 5.26 Å². The molecule has 2 aliphatic heterocycles. The second-order valence-corrected chi connectivity index (χ2v) is 4.97. The maximum absolute atomic E-state index is 10.7. The molecule has 4 heteroatoms. The average molecular weight is 222 g/mol. The number of nitrogens with zero attached hydrogens (tertiary/aromatic N) is 2. The molecule has 2 heterocycles. The summed E-state index contributed by atoms with van der Waals surface area (Å²) >= 11 is 0. The first kappa shape index (κ1) is 11.4. The van der Waals surface area contributed by atoms with E-state index < -0.39 is 5.97 Å². The molecule has 0 aliphatic carbocycles. The van der Waals surface area contributed by atoms with Gasteiger partial charge in [0, 0.05) is 31.5 Å². The smallest absolute Gasteiger partial charge is 0.303 e. The molecule has 0 aromatic rings. The van der Waals surface area contributed by atoms with Gasteiger partial charge in [-0.25, -0.2) is 0 Å². The monoisotopic (exact) mass is 222 g/mol. The minimum absolute atomic E-state index is 0.319. The molecule has 0 amide bonds. The summed E-state index contributed by atoms with van der Waals surface area (Å²) in [7, 11) is 0. The van der Waals surface area contributed by atoms with Crippen molar-refractivity contribution in [2.24, 2.45) is 5.92 Å². The normalized spacial score (nSPS) is 33.6. The van der Waals surface area contributed by atoms with E-state index in [1.165, 1.54) is 12.8 Å².